The van der Waals surface area contributed by atoms with Gasteiger partial charge in [-0.2, -0.15) is 0 Å². The molecule has 1 fully saturated rings. The lowest BCUT2D eigenvalue weighted by molar-refractivity contribution is -0.121. The van der Waals surface area contributed by atoms with E-state index in [0.717, 1.165) is 52.7 Å². The molecule has 2 amide bonds. The molecule has 1 aromatic heterocycles. The summed E-state index contributed by atoms with van der Waals surface area (Å²) in [7, 11) is 0. The van der Waals surface area contributed by atoms with Crippen LogP contribution in [0.5, 0.6) is 0 Å². The SMILES string of the molecule is Cc1[nH]c2ccccc2c1[C@@H]1c2ccccc2C(=O)N1CCC(=O)NC[C@H]1CCCO1. The third kappa shape index (κ3) is 3.61. The topological polar surface area (TPSA) is 74.4 Å². The Hall–Kier alpha value is -3.12. The number of benzene rings is 2. The van der Waals surface area contributed by atoms with Crippen molar-refractivity contribution in [2.75, 3.05) is 19.7 Å². The molecule has 1 saturated heterocycles. The van der Waals surface area contributed by atoms with E-state index in [4.69, 9.17) is 4.74 Å². The Morgan fingerprint density at radius 2 is 2.00 bits per heavy atom. The maximum absolute atomic E-state index is 13.3. The molecule has 6 heteroatoms. The largest absolute Gasteiger partial charge is 0.376 e. The van der Waals surface area contributed by atoms with E-state index >= 15 is 0 Å². The molecule has 0 radical (unpaired) electrons. The van der Waals surface area contributed by atoms with Crippen molar-refractivity contribution in [1.82, 2.24) is 15.2 Å². The zero-order chi connectivity index (χ0) is 21.4. The van der Waals surface area contributed by atoms with Crippen LogP contribution in [0.1, 0.15) is 52.5 Å². The van der Waals surface area contributed by atoms with Crippen molar-refractivity contribution in [1.29, 1.82) is 0 Å². The van der Waals surface area contributed by atoms with Gasteiger partial charge in [0.2, 0.25) is 5.91 Å². The highest BCUT2D eigenvalue weighted by Crippen LogP contribution is 2.42. The number of hydrogen-bond acceptors (Lipinski definition) is 3. The summed E-state index contributed by atoms with van der Waals surface area (Å²) in [5.74, 6) is -0.0640. The lowest BCUT2D eigenvalue weighted by atomic mass is 9.95. The van der Waals surface area contributed by atoms with Crippen LogP contribution in [0, 0.1) is 6.92 Å². The Kier molecular flexibility index (Phi) is 5.24. The summed E-state index contributed by atoms with van der Waals surface area (Å²) in [5, 5.41) is 4.08. The van der Waals surface area contributed by atoms with Crippen LogP contribution in [0.2, 0.25) is 0 Å². The molecular weight excluding hydrogens is 390 g/mol. The zero-order valence-electron chi connectivity index (χ0n) is 17.7. The molecule has 0 unspecified atom stereocenters. The molecule has 6 nitrogen and oxygen atoms in total. The fourth-order valence-electron chi connectivity index (χ4n) is 4.91. The van der Waals surface area contributed by atoms with Crippen LogP contribution in [0.15, 0.2) is 48.5 Å². The lowest BCUT2D eigenvalue weighted by Crippen LogP contribution is -2.36. The number of hydrogen-bond donors (Lipinski definition) is 2. The minimum Gasteiger partial charge on any atom is -0.376 e. The van der Waals surface area contributed by atoms with Crippen LogP contribution >= 0.6 is 0 Å². The van der Waals surface area contributed by atoms with E-state index in [9.17, 15) is 9.59 Å². The molecule has 0 bridgehead atoms. The number of nitrogens with zero attached hydrogens (tertiary/aromatic N) is 1. The van der Waals surface area contributed by atoms with Crippen molar-refractivity contribution in [3.8, 4) is 0 Å². The summed E-state index contributed by atoms with van der Waals surface area (Å²) in [4.78, 5) is 31.1. The summed E-state index contributed by atoms with van der Waals surface area (Å²) >= 11 is 0. The Morgan fingerprint density at radius 3 is 2.84 bits per heavy atom. The van der Waals surface area contributed by atoms with E-state index < -0.39 is 0 Å². The number of ether oxygens (including phenoxy) is 1. The van der Waals surface area contributed by atoms with Gasteiger partial charge in [-0.05, 0) is 37.5 Å². The van der Waals surface area contributed by atoms with E-state index in [-0.39, 0.29) is 30.4 Å². The van der Waals surface area contributed by atoms with Gasteiger partial charge in [0, 0.05) is 53.8 Å². The van der Waals surface area contributed by atoms with Gasteiger partial charge in [-0.1, -0.05) is 36.4 Å². The number of rotatable bonds is 6. The van der Waals surface area contributed by atoms with Gasteiger partial charge in [0.1, 0.15) is 0 Å². The molecule has 2 aliphatic rings. The van der Waals surface area contributed by atoms with Crippen LogP contribution in [0.25, 0.3) is 10.9 Å². The van der Waals surface area contributed by atoms with Crippen molar-refractivity contribution < 1.29 is 14.3 Å². The zero-order valence-corrected chi connectivity index (χ0v) is 17.7. The molecule has 31 heavy (non-hydrogen) atoms. The van der Waals surface area contributed by atoms with Gasteiger partial charge in [0.05, 0.1) is 12.1 Å². The molecule has 160 valence electrons. The standard InChI is InChI=1S/C25H27N3O3/c1-16-23(20-10-4-5-11-21(20)27-16)24-18-8-2-3-9-19(18)25(30)28(24)13-12-22(29)26-15-17-7-6-14-31-17/h2-5,8-11,17,24,27H,6-7,12-15H2,1H3,(H,26,29)/t17-,24+/m1/s1. The minimum absolute atomic E-state index is 0.0165. The number of H-pyrrole nitrogens is 1. The van der Waals surface area contributed by atoms with Crippen molar-refractivity contribution in [3.63, 3.8) is 0 Å². The molecule has 0 saturated carbocycles. The summed E-state index contributed by atoms with van der Waals surface area (Å²) < 4.78 is 5.58. The number of carbonyl (C=O) groups excluding carboxylic acids is 2. The Bertz CT molecular complexity index is 1130. The number of aromatic nitrogens is 1. The van der Waals surface area contributed by atoms with Crippen LogP contribution < -0.4 is 5.32 Å². The molecule has 3 aromatic rings. The molecule has 2 atom stereocenters. The predicted molar refractivity (Wildman–Crippen MR) is 119 cm³/mol. The van der Waals surface area contributed by atoms with Gasteiger partial charge in [-0.15, -0.1) is 0 Å². The fraction of sp³-hybridized carbons (Fsp3) is 0.360. The minimum atomic E-state index is -0.203. The van der Waals surface area contributed by atoms with Crippen LogP contribution in [-0.4, -0.2) is 47.5 Å². The number of nitrogens with one attached hydrogen (secondary N) is 2. The molecule has 2 aliphatic heterocycles. The van der Waals surface area contributed by atoms with Gasteiger partial charge in [0.25, 0.3) is 5.91 Å². The average Bonchev–Trinajstić information content (AvgIpc) is 3.48. The molecule has 0 aliphatic carbocycles. The van der Waals surface area contributed by atoms with Gasteiger partial charge < -0.3 is 19.9 Å². The first-order valence-corrected chi connectivity index (χ1v) is 11.0. The summed E-state index contributed by atoms with van der Waals surface area (Å²) in [6.07, 6.45) is 2.42. The van der Waals surface area contributed by atoms with Crippen LogP contribution in [-0.2, 0) is 9.53 Å². The maximum Gasteiger partial charge on any atom is 0.255 e. The Labute approximate surface area is 181 Å². The third-order valence-corrected chi connectivity index (χ3v) is 6.41. The molecule has 0 spiro atoms. The normalized spacial score (nSPS) is 20.4. The van der Waals surface area contributed by atoms with E-state index in [1.54, 1.807) is 0 Å². The van der Waals surface area contributed by atoms with Crippen molar-refractivity contribution in [3.05, 3.63) is 70.9 Å². The average molecular weight is 418 g/mol. The van der Waals surface area contributed by atoms with Crippen molar-refractivity contribution in [2.24, 2.45) is 0 Å². The monoisotopic (exact) mass is 417 g/mol. The van der Waals surface area contributed by atoms with Gasteiger partial charge >= 0.3 is 0 Å². The van der Waals surface area contributed by atoms with E-state index in [0.29, 0.717) is 13.1 Å². The first kappa shape index (κ1) is 19.8. The number of carbonyl (C=O) groups is 2. The van der Waals surface area contributed by atoms with E-state index in [2.05, 4.69) is 22.4 Å². The number of aryl methyl sites for hydroxylation is 1. The highest BCUT2D eigenvalue weighted by Gasteiger charge is 2.39. The second kappa shape index (κ2) is 8.19. The van der Waals surface area contributed by atoms with Crippen LogP contribution in [0.4, 0.5) is 0 Å². The van der Waals surface area contributed by atoms with E-state index in [1.807, 2.05) is 48.2 Å². The maximum atomic E-state index is 13.3. The number of fused-ring (bicyclic) bond motifs is 2. The predicted octanol–water partition coefficient (Wildman–Crippen LogP) is 3.71. The smallest absolute Gasteiger partial charge is 0.255 e. The van der Waals surface area contributed by atoms with Crippen molar-refractivity contribution in [2.45, 2.75) is 38.3 Å². The number of para-hydroxylation sites is 1. The summed E-state index contributed by atoms with van der Waals surface area (Å²) in [6.45, 7) is 3.73. The second-order valence-electron chi connectivity index (χ2n) is 8.39. The summed E-state index contributed by atoms with van der Waals surface area (Å²) in [5.41, 5.74) is 4.93. The van der Waals surface area contributed by atoms with Gasteiger partial charge in [-0.25, -0.2) is 0 Å². The summed E-state index contributed by atoms with van der Waals surface area (Å²) in [6, 6.07) is 15.7. The first-order valence-electron chi connectivity index (χ1n) is 11.0. The van der Waals surface area contributed by atoms with Gasteiger partial charge in [0.15, 0.2) is 0 Å². The molecular formula is C25H27N3O3. The molecule has 5 rings (SSSR count). The third-order valence-electron chi connectivity index (χ3n) is 6.41. The van der Waals surface area contributed by atoms with Crippen molar-refractivity contribution >= 4 is 22.7 Å². The first-order chi connectivity index (χ1) is 15.1. The lowest BCUT2D eigenvalue weighted by Gasteiger charge is -2.26. The Balaban J connectivity index is 1.41. The van der Waals surface area contributed by atoms with Gasteiger partial charge in [-0.3, -0.25) is 9.59 Å². The number of amides is 2. The highest BCUT2D eigenvalue weighted by molar-refractivity contribution is 6.01. The fourth-order valence-corrected chi connectivity index (χ4v) is 4.91. The van der Waals surface area contributed by atoms with E-state index in [1.165, 1.54) is 0 Å². The molecule has 2 N–H and O–H groups in total. The highest BCUT2D eigenvalue weighted by atomic mass is 16.5. The van der Waals surface area contributed by atoms with Crippen LogP contribution in [0.3, 0.4) is 0 Å². The quantitative estimate of drug-likeness (QED) is 0.642. The second-order valence-corrected chi connectivity index (χ2v) is 8.39. The number of aromatic amines is 1. The molecule has 2 aromatic carbocycles. The Morgan fingerprint density at radius 1 is 1.19 bits per heavy atom. The molecule has 3 heterocycles.